The number of hydrogen-bond acceptors (Lipinski definition) is 6. The summed E-state index contributed by atoms with van der Waals surface area (Å²) in [5.74, 6) is -0.746. The lowest BCUT2D eigenvalue weighted by Crippen LogP contribution is -2.66. The monoisotopic (exact) mass is 426 g/mol. The first-order chi connectivity index (χ1) is 15.0. The molecule has 3 fully saturated rings. The molecule has 3 aliphatic heterocycles. The minimum absolute atomic E-state index is 0.109. The van der Waals surface area contributed by atoms with Gasteiger partial charge >= 0.3 is 0 Å². The Bertz CT molecular complexity index is 911. The molecule has 0 bridgehead atoms. The van der Waals surface area contributed by atoms with Crippen LogP contribution in [0.25, 0.3) is 0 Å². The Kier molecular flexibility index (Phi) is 5.32. The van der Waals surface area contributed by atoms with E-state index in [0.29, 0.717) is 37.2 Å². The Morgan fingerprint density at radius 1 is 1.23 bits per heavy atom. The van der Waals surface area contributed by atoms with Crippen LogP contribution in [0.4, 0.5) is 0 Å². The highest BCUT2D eigenvalue weighted by atomic mass is 16.5. The Balaban J connectivity index is 1.30. The first kappa shape index (κ1) is 20.6. The summed E-state index contributed by atoms with van der Waals surface area (Å²) in [6, 6.07) is 5.74. The molecule has 0 radical (unpaired) electrons. The van der Waals surface area contributed by atoms with Crippen molar-refractivity contribution in [2.75, 3.05) is 20.2 Å². The van der Waals surface area contributed by atoms with Gasteiger partial charge in [0.15, 0.2) is 0 Å². The summed E-state index contributed by atoms with van der Waals surface area (Å²) in [7, 11) is 1.80. The van der Waals surface area contributed by atoms with Crippen molar-refractivity contribution in [2.24, 2.45) is 5.41 Å². The van der Waals surface area contributed by atoms with Gasteiger partial charge in [-0.25, -0.2) is 0 Å². The number of benzene rings is 1. The van der Waals surface area contributed by atoms with E-state index in [1.165, 1.54) is 0 Å². The van der Waals surface area contributed by atoms with Crippen molar-refractivity contribution in [3.05, 3.63) is 34.9 Å². The number of carbonyl (C=O) groups is 3. The van der Waals surface area contributed by atoms with E-state index in [4.69, 9.17) is 4.74 Å². The van der Waals surface area contributed by atoms with Crippen LogP contribution >= 0.6 is 0 Å². The average Bonchev–Trinajstić information content (AvgIpc) is 3.10. The average molecular weight is 427 g/mol. The third-order valence-electron chi connectivity index (χ3n) is 7.78. The topological polar surface area (TPSA) is 99.8 Å². The molecule has 8 heteroatoms. The maximum absolute atomic E-state index is 13.3. The molecule has 5 rings (SSSR count). The fourth-order valence-corrected chi connectivity index (χ4v) is 6.00. The number of imide groups is 1. The number of nitrogens with zero attached hydrogens (tertiary/aromatic N) is 1. The standard InChI is InChI=1S/C23H30N4O4/c1-31-18-11-17(23(18)7-9-24-10-8-23)25-12-14-3-2-4-15-13-27(22(30)20(14)15)16-5-6-19(28)26-21(16)29/h2-4,16-18,24-25H,5-13H2,1H3,(H,26,28,29). The summed E-state index contributed by atoms with van der Waals surface area (Å²) in [6.45, 7) is 3.06. The zero-order valence-corrected chi connectivity index (χ0v) is 17.9. The quantitative estimate of drug-likeness (QED) is 0.600. The van der Waals surface area contributed by atoms with E-state index in [2.05, 4.69) is 16.0 Å². The second kappa shape index (κ2) is 8.00. The summed E-state index contributed by atoms with van der Waals surface area (Å²) >= 11 is 0. The maximum Gasteiger partial charge on any atom is 0.255 e. The van der Waals surface area contributed by atoms with E-state index < -0.39 is 6.04 Å². The zero-order valence-electron chi connectivity index (χ0n) is 17.9. The lowest BCUT2D eigenvalue weighted by atomic mass is 9.57. The fraction of sp³-hybridized carbons (Fsp3) is 0.609. The number of nitrogens with one attached hydrogen (secondary N) is 3. The van der Waals surface area contributed by atoms with Crippen molar-refractivity contribution in [3.8, 4) is 0 Å². The Morgan fingerprint density at radius 2 is 2.03 bits per heavy atom. The van der Waals surface area contributed by atoms with Gasteiger partial charge in [-0.15, -0.1) is 0 Å². The predicted octanol–water partition coefficient (Wildman–Crippen LogP) is 0.694. The SMILES string of the molecule is COC1CC(NCc2cccc3c2C(=O)N(C2CCC(=O)NC2=O)C3)C12CCNCC2. The summed E-state index contributed by atoms with van der Waals surface area (Å²) in [5.41, 5.74) is 2.80. The molecule has 1 spiro atoms. The van der Waals surface area contributed by atoms with E-state index in [0.717, 1.165) is 43.5 Å². The maximum atomic E-state index is 13.3. The molecule has 2 saturated heterocycles. The van der Waals surface area contributed by atoms with Gasteiger partial charge in [-0.05, 0) is 49.9 Å². The van der Waals surface area contributed by atoms with Crippen LogP contribution in [0.1, 0.15) is 53.6 Å². The second-order valence-corrected chi connectivity index (χ2v) is 9.23. The van der Waals surface area contributed by atoms with E-state index in [9.17, 15) is 14.4 Å². The number of methoxy groups -OCH3 is 1. The largest absolute Gasteiger partial charge is 0.381 e. The van der Waals surface area contributed by atoms with Gasteiger partial charge in [-0.2, -0.15) is 0 Å². The third-order valence-corrected chi connectivity index (χ3v) is 7.78. The van der Waals surface area contributed by atoms with Crippen molar-refractivity contribution in [1.82, 2.24) is 20.9 Å². The molecule has 3 atom stereocenters. The number of carbonyl (C=O) groups excluding carboxylic acids is 3. The Morgan fingerprint density at radius 3 is 2.77 bits per heavy atom. The van der Waals surface area contributed by atoms with Crippen LogP contribution in [0, 0.1) is 5.41 Å². The van der Waals surface area contributed by atoms with E-state index in [-0.39, 0.29) is 29.6 Å². The van der Waals surface area contributed by atoms with Crippen LogP contribution in [-0.2, 0) is 27.4 Å². The summed E-state index contributed by atoms with van der Waals surface area (Å²) in [6.07, 6.45) is 4.12. The van der Waals surface area contributed by atoms with Gasteiger partial charge in [0.2, 0.25) is 11.8 Å². The smallest absolute Gasteiger partial charge is 0.255 e. The summed E-state index contributed by atoms with van der Waals surface area (Å²) in [4.78, 5) is 38.7. The first-order valence-electron chi connectivity index (χ1n) is 11.3. The van der Waals surface area contributed by atoms with Gasteiger partial charge in [-0.1, -0.05) is 18.2 Å². The molecule has 1 saturated carbocycles. The first-order valence-corrected chi connectivity index (χ1v) is 11.3. The molecular weight excluding hydrogens is 396 g/mol. The zero-order chi connectivity index (χ0) is 21.6. The lowest BCUT2D eigenvalue weighted by Gasteiger charge is -2.57. The molecular formula is C23H30N4O4. The van der Waals surface area contributed by atoms with Crippen molar-refractivity contribution in [2.45, 2.75) is 63.4 Å². The normalized spacial score (nSPS) is 29.6. The van der Waals surface area contributed by atoms with E-state index >= 15 is 0 Å². The number of rotatable bonds is 5. The summed E-state index contributed by atoms with van der Waals surface area (Å²) < 4.78 is 5.76. The molecule has 1 aromatic rings. The van der Waals surface area contributed by atoms with Crippen LogP contribution in [0.5, 0.6) is 0 Å². The molecule has 166 valence electrons. The second-order valence-electron chi connectivity index (χ2n) is 9.23. The highest BCUT2D eigenvalue weighted by Gasteiger charge is 2.55. The number of amides is 3. The molecule has 0 aromatic heterocycles. The lowest BCUT2D eigenvalue weighted by molar-refractivity contribution is -0.136. The van der Waals surface area contributed by atoms with Crippen molar-refractivity contribution < 1.29 is 19.1 Å². The predicted molar refractivity (Wildman–Crippen MR) is 113 cm³/mol. The number of hydrogen-bond donors (Lipinski definition) is 3. The van der Waals surface area contributed by atoms with Crippen LogP contribution in [0.3, 0.4) is 0 Å². The highest BCUT2D eigenvalue weighted by molar-refractivity contribution is 6.05. The Hall–Kier alpha value is -2.29. The van der Waals surface area contributed by atoms with E-state index in [1.54, 1.807) is 12.0 Å². The molecule has 3 amide bonds. The molecule has 3 unspecified atom stereocenters. The molecule has 3 N–H and O–H groups in total. The molecule has 31 heavy (non-hydrogen) atoms. The van der Waals surface area contributed by atoms with Gasteiger partial charge in [0.05, 0.1) is 6.10 Å². The van der Waals surface area contributed by atoms with E-state index in [1.807, 2.05) is 18.2 Å². The molecule has 8 nitrogen and oxygen atoms in total. The van der Waals surface area contributed by atoms with Crippen molar-refractivity contribution in [1.29, 1.82) is 0 Å². The molecule has 1 aliphatic carbocycles. The minimum Gasteiger partial charge on any atom is -0.381 e. The highest BCUT2D eigenvalue weighted by Crippen LogP contribution is 2.49. The molecule has 4 aliphatic rings. The van der Waals surface area contributed by atoms with Crippen LogP contribution in [0.2, 0.25) is 0 Å². The van der Waals surface area contributed by atoms with Gasteiger partial charge in [0.1, 0.15) is 6.04 Å². The number of piperidine rings is 2. The van der Waals surface area contributed by atoms with Gasteiger partial charge in [-0.3, -0.25) is 19.7 Å². The van der Waals surface area contributed by atoms with Crippen LogP contribution < -0.4 is 16.0 Å². The Labute approximate surface area is 182 Å². The van der Waals surface area contributed by atoms with Gasteiger partial charge in [0.25, 0.3) is 5.91 Å². The molecule has 3 heterocycles. The fourth-order valence-electron chi connectivity index (χ4n) is 6.00. The van der Waals surface area contributed by atoms with Crippen molar-refractivity contribution in [3.63, 3.8) is 0 Å². The number of ether oxygens (including phenoxy) is 1. The van der Waals surface area contributed by atoms with Gasteiger partial charge < -0.3 is 20.3 Å². The van der Waals surface area contributed by atoms with Gasteiger partial charge in [0, 0.05) is 43.6 Å². The third kappa shape index (κ3) is 3.37. The summed E-state index contributed by atoms with van der Waals surface area (Å²) in [5, 5.41) is 9.52. The van der Waals surface area contributed by atoms with Crippen molar-refractivity contribution >= 4 is 17.7 Å². The number of fused-ring (bicyclic) bond motifs is 1. The molecule has 1 aromatic carbocycles. The minimum atomic E-state index is -0.578. The van der Waals surface area contributed by atoms with Crippen LogP contribution in [0.15, 0.2) is 18.2 Å². The van der Waals surface area contributed by atoms with Crippen LogP contribution in [-0.4, -0.2) is 61.0 Å².